The summed E-state index contributed by atoms with van der Waals surface area (Å²) in [6.07, 6.45) is -4.73. The van der Waals surface area contributed by atoms with Gasteiger partial charge in [0, 0.05) is 4.92 Å². The molecule has 0 N–H and O–H groups in total. The average Bonchev–Trinajstić information content (AvgIpc) is 2.36. The molecule has 0 fully saturated rings. The first kappa shape index (κ1) is 15.9. The Morgan fingerprint density at radius 3 is 2.30 bits per heavy atom. The predicted molar refractivity (Wildman–Crippen MR) is 62.7 cm³/mol. The molecular formula is C12H12F3NO4. The van der Waals surface area contributed by atoms with Gasteiger partial charge in [-0.15, -0.1) is 0 Å². The van der Waals surface area contributed by atoms with Crippen LogP contribution in [-0.4, -0.2) is 24.5 Å². The van der Waals surface area contributed by atoms with Crippen molar-refractivity contribution < 1.29 is 27.6 Å². The molecule has 0 unspecified atom stereocenters. The smallest absolute Gasteiger partial charge is 0.416 e. The number of methoxy groups -OCH3 is 1. The van der Waals surface area contributed by atoms with Crippen molar-refractivity contribution >= 4 is 5.97 Å². The van der Waals surface area contributed by atoms with Gasteiger partial charge in [0.2, 0.25) is 6.54 Å². The molecule has 0 amide bonds. The molecule has 0 aliphatic heterocycles. The molecule has 20 heavy (non-hydrogen) atoms. The zero-order chi connectivity index (χ0) is 15.3. The molecule has 0 radical (unpaired) electrons. The fourth-order valence-electron chi connectivity index (χ4n) is 1.70. The zero-order valence-electron chi connectivity index (χ0n) is 10.5. The van der Waals surface area contributed by atoms with E-state index in [-0.39, 0.29) is 6.42 Å². The van der Waals surface area contributed by atoms with Gasteiger partial charge < -0.3 is 4.74 Å². The van der Waals surface area contributed by atoms with Crippen molar-refractivity contribution in [3.63, 3.8) is 0 Å². The molecule has 1 rings (SSSR count). The number of alkyl halides is 3. The van der Waals surface area contributed by atoms with Crippen LogP contribution in [0.5, 0.6) is 0 Å². The standard InChI is InChI=1S/C12H12F3NO4/c1-20-11(17)6-9(7-16(18)19)8-2-4-10(5-3-8)12(13,14)15/h2-5,9H,6-7H2,1H3/t9-/m1/s1. The molecule has 0 saturated carbocycles. The second kappa shape index (κ2) is 6.36. The molecule has 0 aromatic heterocycles. The van der Waals surface area contributed by atoms with Gasteiger partial charge in [-0.3, -0.25) is 14.9 Å². The van der Waals surface area contributed by atoms with E-state index in [9.17, 15) is 28.1 Å². The summed E-state index contributed by atoms with van der Waals surface area (Å²) < 4.78 is 41.7. The summed E-state index contributed by atoms with van der Waals surface area (Å²) in [6.45, 7) is -0.555. The van der Waals surface area contributed by atoms with E-state index >= 15 is 0 Å². The van der Waals surface area contributed by atoms with Crippen molar-refractivity contribution in [2.45, 2.75) is 18.5 Å². The highest BCUT2D eigenvalue weighted by Crippen LogP contribution is 2.30. The number of esters is 1. The van der Waals surface area contributed by atoms with Gasteiger partial charge in [0.05, 0.1) is 25.0 Å². The Labute approximate surface area is 112 Å². The summed E-state index contributed by atoms with van der Waals surface area (Å²) in [7, 11) is 1.14. The molecule has 1 atom stereocenters. The summed E-state index contributed by atoms with van der Waals surface area (Å²) in [5, 5.41) is 10.6. The third-order valence-electron chi connectivity index (χ3n) is 2.72. The minimum Gasteiger partial charge on any atom is -0.469 e. The first-order valence-corrected chi connectivity index (χ1v) is 5.59. The molecule has 110 valence electrons. The van der Waals surface area contributed by atoms with Crippen molar-refractivity contribution in [3.05, 3.63) is 45.5 Å². The summed E-state index contributed by atoms with van der Waals surface area (Å²) in [6, 6.07) is 3.94. The maximum absolute atomic E-state index is 12.4. The lowest BCUT2D eigenvalue weighted by molar-refractivity contribution is -0.483. The van der Waals surface area contributed by atoms with Crippen molar-refractivity contribution in [3.8, 4) is 0 Å². The van der Waals surface area contributed by atoms with Crippen molar-refractivity contribution in [1.29, 1.82) is 0 Å². The minimum absolute atomic E-state index is 0.261. The Bertz CT molecular complexity index is 484. The lowest BCUT2D eigenvalue weighted by atomic mass is 9.95. The molecular weight excluding hydrogens is 279 g/mol. The van der Waals surface area contributed by atoms with Gasteiger partial charge in [-0.25, -0.2) is 0 Å². The van der Waals surface area contributed by atoms with Gasteiger partial charge in [-0.05, 0) is 17.7 Å². The largest absolute Gasteiger partial charge is 0.469 e. The number of ether oxygens (including phenoxy) is 1. The molecule has 0 heterocycles. The highest BCUT2D eigenvalue weighted by Gasteiger charge is 2.31. The van der Waals surface area contributed by atoms with Gasteiger partial charge in [-0.2, -0.15) is 13.2 Å². The highest BCUT2D eigenvalue weighted by molar-refractivity contribution is 5.70. The fourth-order valence-corrected chi connectivity index (χ4v) is 1.70. The lowest BCUT2D eigenvalue weighted by Gasteiger charge is -2.13. The third kappa shape index (κ3) is 4.52. The van der Waals surface area contributed by atoms with Crippen LogP contribution < -0.4 is 0 Å². The average molecular weight is 291 g/mol. The van der Waals surface area contributed by atoms with Crippen LogP contribution in [0.25, 0.3) is 0 Å². The molecule has 8 heteroatoms. The van der Waals surface area contributed by atoms with Crippen LogP contribution in [0.15, 0.2) is 24.3 Å². The molecule has 0 aliphatic rings. The Hall–Kier alpha value is -2.12. The van der Waals surface area contributed by atoms with E-state index < -0.39 is 35.1 Å². The van der Waals surface area contributed by atoms with Crippen LogP contribution in [0.1, 0.15) is 23.5 Å². The number of carbonyl (C=O) groups is 1. The monoisotopic (exact) mass is 291 g/mol. The number of rotatable bonds is 5. The van der Waals surface area contributed by atoms with Gasteiger partial charge >= 0.3 is 12.1 Å². The second-order valence-electron chi connectivity index (χ2n) is 4.11. The SMILES string of the molecule is COC(=O)C[C@H](C[N+](=O)[O-])c1ccc(C(F)(F)F)cc1. The minimum atomic E-state index is -4.47. The quantitative estimate of drug-likeness (QED) is 0.475. The van der Waals surface area contributed by atoms with E-state index in [0.717, 1.165) is 31.4 Å². The predicted octanol–water partition coefficient (Wildman–Crippen LogP) is 2.63. The van der Waals surface area contributed by atoms with Crippen LogP contribution >= 0.6 is 0 Å². The molecule has 1 aromatic rings. The Balaban J connectivity index is 2.96. The Kier molecular flexibility index (Phi) is 5.06. The Morgan fingerprint density at radius 1 is 1.35 bits per heavy atom. The van der Waals surface area contributed by atoms with Crippen LogP contribution in [0.2, 0.25) is 0 Å². The second-order valence-corrected chi connectivity index (χ2v) is 4.11. The molecule has 0 saturated heterocycles. The van der Waals surface area contributed by atoms with Gasteiger partial charge in [-0.1, -0.05) is 12.1 Å². The number of halogens is 3. The molecule has 0 bridgehead atoms. The molecule has 0 aliphatic carbocycles. The number of nitrogens with zero attached hydrogens (tertiary/aromatic N) is 1. The van der Waals surface area contributed by atoms with Crippen LogP contribution in [-0.2, 0) is 15.7 Å². The van der Waals surface area contributed by atoms with E-state index in [4.69, 9.17) is 0 Å². The van der Waals surface area contributed by atoms with Crippen LogP contribution in [0.3, 0.4) is 0 Å². The number of benzene rings is 1. The topological polar surface area (TPSA) is 69.4 Å². The van der Waals surface area contributed by atoms with E-state index in [1.54, 1.807) is 0 Å². The number of nitro groups is 1. The summed E-state index contributed by atoms with van der Waals surface area (Å²) in [5.74, 6) is -1.48. The van der Waals surface area contributed by atoms with Gasteiger partial charge in [0.1, 0.15) is 0 Å². The first-order valence-electron chi connectivity index (χ1n) is 5.59. The Morgan fingerprint density at radius 2 is 1.90 bits per heavy atom. The van der Waals surface area contributed by atoms with E-state index in [2.05, 4.69) is 4.74 Å². The first-order chi connectivity index (χ1) is 9.24. The van der Waals surface area contributed by atoms with Gasteiger partial charge in [0.25, 0.3) is 0 Å². The normalized spacial score (nSPS) is 12.8. The maximum Gasteiger partial charge on any atom is 0.416 e. The molecule has 1 aromatic carbocycles. The number of hydrogen-bond acceptors (Lipinski definition) is 4. The van der Waals surface area contributed by atoms with E-state index in [1.165, 1.54) is 0 Å². The third-order valence-corrected chi connectivity index (χ3v) is 2.72. The van der Waals surface area contributed by atoms with Crippen LogP contribution in [0.4, 0.5) is 13.2 Å². The molecule has 5 nitrogen and oxygen atoms in total. The van der Waals surface area contributed by atoms with Crippen LogP contribution in [0, 0.1) is 10.1 Å². The van der Waals surface area contributed by atoms with Crippen molar-refractivity contribution in [2.24, 2.45) is 0 Å². The number of carbonyl (C=O) groups excluding carboxylic acids is 1. The van der Waals surface area contributed by atoms with Crippen molar-refractivity contribution in [1.82, 2.24) is 0 Å². The summed E-state index contributed by atoms with van der Waals surface area (Å²) >= 11 is 0. The van der Waals surface area contributed by atoms with Crippen molar-refractivity contribution in [2.75, 3.05) is 13.7 Å². The van der Waals surface area contributed by atoms with E-state index in [1.807, 2.05) is 0 Å². The number of hydrogen-bond donors (Lipinski definition) is 0. The highest BCUT2D eigenvalue weighted by atomic mass is 19.4. The zero-order valence-corrected chi connectivity index (χ0v) is 10.5. The summed E-state index contributed by atoms with van der Waals surface area (Å²) in [5.41, 5.74) is -0.556. The lowest BCUT2D eigenvalue weighted by Crippen LogP contribution is -2.17. The molecule has 0 spiro atoms. The maximum atomic E-state index is 12.4. The van der Waals surface area contributed by atoms with Gasteiger partial charge in [0.15, 0.2) is 0 Å². The van der Waals surface area contributed by atoms with E-state index in [0.29, 0.717) is 5.56 Å². The summed E-state index contributed by atoms with van der Waals surface area (Å²) in [4.78, 5) is 21.1. The fraction of sp³-hybridized carbons (Fsp3) is 0.417.